The monoisotopic (exact) mass is 242 g/mol. The van der Waals surface area contributed by atoms with Gasteiger partial charge in [0.25, 0.3) is 0 Å². The number of hydrogen-bond acceptors (Lipinski definition) is 5. The highest BCUT2D eigenvalue weighted by molar-refractivity contribution is 7.98. The molecule has 0 spiro atoms. The first-order valence-electron chi connectivity index (χ1n) is 4.34. The Morgan fingerprint density at radius 3 is 2.93 bits per heavy atom. The summed E-state index contributed by atoms with van der Waals surface area (Å²) in [6.45, 7) is 0.637. The van der Waals surface area contributed by atoms with E-state index >= 15 is 0 Å². The number of nitrogens with zero attached hydrogens (tertiary/aromatic N) is 4. The molecule has 0 aliphatic rings. The van der Waals surface area contributed by atoms with Crippen molar-refractivity contribution in [3.05, 3.63) is 11.2 Å². The van der Waals surface area contributed by atoms with Gasteiger partial charge in [-0.3, -0.25) is 0 Å². The van der Waals surface area contributed by atoms with E-state index in [9.17, 15) is 0 Å². The largest absolute Gasteiger partial charge is 0.358 e. The van der Waals surface area contributed by atoms with Gasteiger partial charge in [-0.1, -0.05) is 23.4 Å². The Balaban J connectivity index is 2.84. The van der Waals surface area contributed by atoms with Crippen molar-refractivity contribution >= 4 is 29.2 Å². The first kappa shape index (κ1) is 12.1. The van der Waals surface area contributed by atoms with Crippen molar-refractivity contribution in [2.45, 2.75) is 11.6 Å². The van der Waals surface area contributed by atoms with Crippen LogP contribution in [-0.4, -0.2) is 29.8 Å². The smallest absolute Gasteiger partial charge is 0.190 e. The molecule has 0 amide bonds. The maximum atomic E-state index is 8.48. The molecule has 15 heavy (non-hydrogen) atoms. The van der Waals surface area contributed by atoms with E-state index in [2.05, 4.69) is 16.0 Å². The molecular weight excluding hydrogens is 232 g/mol. The normalized spacial score (nSPS) is 9.73. The molecule has 1 heterocycles. The van der Waals surface area contributed by atoms with E-state index in [1.54, 1.807) is 6.07 Å². The molecule has 0 aliphatic carbocycles. The van der Waals surface area contributed by atoms with Gasteiger partial charge in [0, 0.05) is 19.7 Å². The van der Waals surface area contributed by atoms with Crippen LogP contribution in [0, 0.1) is 11.3 Å². The van der Waals surface area contributed by atoms with Gasteiger partial charge in [-0.15, -0.1) is 0 Å². The Kier molecular flexibility index (Phi) is 4.66. The van der Waals surface area contributed by atoms with Crippen molar-refractivity contribution in [1.82, 2.24) is 9.97 Å². The summed E-state index contributed by atoms with van der Waals surface area (Å²) >= 11 is 7.29. The quantitative estimate of drug-likeness (QED) is 0.460. The lowest BCUT2D eigenvalue weighted by Gasteiger charge is -2.16. The number of thioether (sulfide) groups is 1. The maximum Gasteiger partial charge on any atom is 0.190 e. The molecular formula is C9H11ClN4S. The molecule has 1 aromatic heterocycles. The molecule has 1 aromatic rings. The minimum Gasteiger partial charge on any atom is -0.358 e. The van der Waals surface area contributed by atoms with Crippen molar-refractivity contribution in [3.63, 3.8) is 0 Å². The van der Waals surface area contributed by atoms with Gasteiger partial charge in [-0.25, -0.2) is 9.97 Å². The number of anilines is 1. The Morgan fingerprint density at radius 1 is 1.60 bits per heavy atom. The average Bonchev–Trinajstić information content (AvgIpc) is 2.24. The van der Waals surface area contributed by atoms with Crippen LogP contribution in [0.25, 0.3) is 0 Å². The van der Waals surface area contributed by atoms with E-state index in [1.807, 2.05) is 18.2 Å². The highest BCUT2D eigenvalue weighted by atomic mass is 35.5. The predicted octanol–water partition coefficient (Wildman–Crippen LogP) is 2.20. The summed E-state index contributed by atoms with van der Waals surface area (Å²) in [6.07, 6.45) is 2.36. The first-order chi connectivity index (χ1) is 7.17. The average molecular weight is 243 g/mol. The van der Waals surface area contributed by atoms with Crippen molar-refractivity contribution in [1.29, 1.82) is 5.26 Å². The molecule has 0 saturated carbocycles. The van der Waals surface area contributed by atoms with Crippen LogP contribution < -0.4 is 4.90 Å². The zero-order chi connectivity index (χ0) is 11.3. The van der Waals surface area contributed by atoms with Crippen LogP contribution in [0.15, 0.2) is 11.2 Å². The summed E-state index contributed by atoms with van der Waals surface area (Å²) < 4.78 is 0. The van der Waals surface area contributed by atoms with E-state index in [-0.39, 0.29) is 0 Å². The topological polar surface area (TPSA) is 52.8 Å². The Labute approximate surface area is 98.3 Å². The Hall–Kier alpha value is -0.990. The van der Waals surface area contributed by atoms with Crippen molar-refractivity contribution in [2.75, 3.05) is 24.7 Å². The van der Waals surface area contributed by atoms with Gasteiger partial charge >= 0.3 is 0 Å². The zero-order valence-electron chi connectivity index (χ0n) is 8.57. The Morgan fingerprint density at radius 2 is 2.33 bits per heavy atom. The standard InChI is InChI=1S/C9H11ClN4S/c1-14(5-3-4-11)8-6-7(10)12-9(13-8)15-2/h6H,3,5H2,1-2H3. The van der Waals surface area contributed by atoms with Crippen LogP contribution in [0.2, 0.25) is 5.15 Å². The summed E-state index contributed by atoms with van der Waals surface area (Å²) in [5.74, 6) is 0.745. The second-order valence-corrected chi connectivity index (χ2v) is 4.03. The van der Waals surface area contributed by atoms with Gasteiger partial charge in [0.05, 0.1) is 12.5 Å². The maximum absolute atomic E-state index is 8.48. The minimum atomic E-state index is 0.424. The number of nitriles is 1. The molecule has 0 radical (unpaired) electrons. The van der Waals surface area contributed by atoms with Crippen molar-refractivity contribution < 1.29 is 0 Å². The van der Waals surface area contributed by atoms with E-state index < -0.39 is 0 Å². The lowest BCUT2D eigenvalue weighted by atomic mass is 10.4. The molecule has 80 valence electrons. The fourth-order valence-electron chi connectivity index (χ4n) is 1.00. The molecule has 0 unspecified atom stereocenters. The minimum absolute atomic E-state index is 0.424. The summed E-state index contributed by atoms with van der Waals surface area (Å²) in [6, 6.07) is 3.78. The van der Waals surface area contributed by atoms with Gasteiger partial charge in [-0.05, 0) is 6.26 Å². The predicted molar refractivity (Wildman–Crippen MR) is 62.3 cm³/mol. The van der Waals surface area contributed by atoms with Gasteiger partial charge in [0.1, 0.15) is 11.0 Å². The van der Waals surface area contributed by atoms with Gasteiger partial charge < -0.3 is 4.90 Å². The van der Waals surface area contributed by atoms with Crippen LogP contribution in [0.4, 0.5) is 5.82 Å². The van der Waals surface area contributed by atoms with Crippen LogP contribution >= 0.6 is 23.4 Å². The first-order valence-corrected chi connectivity index (χ1v) is 5.94. The third-order valence-corrected chi connectivity index (χ3v) is 2.53. The second-order valence-electron chi connectivity index (χ2n) is 2.87. The molecule has 0 aromatic carbocycles. The number of hydrogen-bond donors (Lipinski definition) is 0. The molecule has 6 heteroatoms. The van der Waals surface area contributed by atoms with Crippen molar-refractivity contribution in [2.24, 2.45) is 0 Å². The number of aromatic nitrogens is 2. The molecule has 0 fully saturated rings. The second kappa shape index (κ2) is 5.79. The summed E-state index contributed by atoms with van der Waals surface area (Å²) in [5.41, 5.74) is 0. The van der Waals surface area contributed by atoms with E-state index in [4.69, 9.17) is 16.9 Å². The molecule has 1 rings (SSSR count). The SMILES string of the molecule is CSc1nc(Cl)cc(N(C)CCC#N)n1. The van der Waals surface area contributed by atoms with E-state index in [0.29, 0.717) is 23.3 Å². The highest BCUT2D eigenvalue weighted by Crippen LogP contribution is 2.19. The number of halogens is 1. The molecule has 0 bridgehead atoms. The summed E-state index contributed by atoms with van der Waals surface area (Å²) in [7, 11) is 1.88. The highest BCUT2D eigenvalue weighted by Gasteiger charge is 2.06. The van der Waals surface area contributed by atoms with Gasteiger partial charge in [0.2, 0.25) is 0 Å². The lowest BCUT2D eigenvalue weighted by molar-refractivity contribution is 0.851. The summed E-state index contributed by atoms with van der Waals surface area (Å²) in [4.78, 5) is 10.2. The molecule has 0 atom stereocenters. The third kappa shape index (κ3) is 3.57. The lowest BCUT2D eigenvalue weighted by Crippen LogP contribution is -2.19. The van der Waals surface area contributed by atoms with E-state index in [0.717, 1.165) is 5.82 Å². The zero-order valence-corrected chi connectivity index (χ0v) is 10.1. The van der Waals surface area contributed by atoms with Crippen LogP contribution in [0.3, 0.4) is 0 Å². The van der Waals surface area contributed by atoms with E-state index in [1.165, 1.54) is 11.8 Å². The van der Waals surface area contributed by atoms with Crippen LogP contribution in [0.5, 0.6) is 0 Å². The fraction of sp³-hybridized carbons (Fsp3) is 0.444. The molecule has 0 aliphatic heterocycles. The molecule has 0 saturated heterocycles. The van der Waals surface area contributed by atoms with Gasteiger partial charge in [0.15, 0.2) is 5.16 Å². The molecule has 4 nitrogen and oxygen atoms in total. The third-order valence-electron chi connectivity index (χ3n) is 1.79. The summed E-state index contributed by atoms with van der Waals surface area (Å²) in [5, 5.41) is 9.54. The van der Waals surface area contributed by atoms with Crippen LogP contribution in [0.1, 0.15) is 6.42 Å². The Bertz CT molecular complexity index is 377. The number of rotatable bonds is 4. The fourth-order valence-corrected chi connectivity index (χ4v) is 1.61. The van der Waals surface area contributed by atoms with Gasteiger partial charge in [-0.2, -0.15) is 5.26 Å². The van der Waals surface area contributed by atoms with Crippen molar-refractivity contribution in [3.8, 4) is 6.07 Å². The molecule has 0 N–H and O–H groups in total. The van der Waals surface area contributed by atoms with Crippen LogP contribution in [-0.2, 0) is 0 Å².